The lowest BCUT2D eigenvalue weighted by Gasteiger charge is -2.26. The van der Waals surface area contributed by atoms with Gasteiger partial charge in [-0.25, -0.2) is 9.50 Å². The number of carbonyl (C=O) groups excluding carboxylic acids is 1. The lowest BCUT2D eigenvalue weighted by atomic mass is 10.1. The van der Waals surface area contributed by atoms with Crippen LogP contribution in [0.5, 0.6) is 0 Å². The summed E-state index contributed by atoms with van der Waals surface area (Å²) in [7, 11) is 0. The zero-order valence-corrected chi connectivity index (χ0v) is 18.8. The van der Waals surface area contributed by atoms with Gasteiger partial charge in [0.25, 0.3) is 5.91 Å². The Labute approximate surface area is 197 Å². The number of rotatable bonds is 6. The van der Waals surface area contributed by atoms with Crippen LogP contribution in [-0.2, 0) is 4.74 Å². The van der Waals surface area contributed by atoms with Crippen LogP contribution in [0, 0.1) is 0 Å². The number of nitrogens with one attached hydrogen (secondary N) is 1. The lowest BCUT2D eigenvalue weighted by Crippen LogP contribution is -2.41. The second kappa shape index (κ2) is 9.70. The largest absolute Gasteiger partial charge is 0.379 e. The molecule has 0 saturated carbocycles. The maximum atomic E-state index is 13.2. The summed E-state index contributed by atoms with van der Waals surface area (Å²) < 4.78 is 6.99. The van der Waals surface area contributed by atoms with E-state index < -0.39 is 0 Å². The molecule has 33 heavy (non-hydrogen) atoms. The summed E-state index contributed by atoms with van der Waals surface area (Å²) in [6.45, 7) is 4.54. The number of ether oxygens (including phenoxy) is 1. The number of nitrogens with zero attached hydrogens (tertiary/aromatic N) is 4. The predicted molar refractivity (Wildman–Crippen MR) is 128 cm³/mol. The second-order valence-electron chi connectivity index (χ2n) is 7.88. The predicted octanol–water partition coefficient (Wildman–Crippen LogP) is 3.78. The molecule has 0 unspecified atom stereocenters. The minimum Gasteiger partial charge on any atom is -0.379 e. The van der Waals surface area contributed by atoms with E-state index in [0.29, 0.717) is 28.6 Å². The topological polar surface area (TPSA) is 71.8 Å². The van der Waals surface area contributed by atoms with Crippen LogP contribution >= 0.6 is 11.6 Å². The number of benzene rings is 2. The van der Waals surface area contributed by atoms with E-state index in [-0.39, 0.29) is 5.91 Å². The highest BCUT2D eigenvalue weighted by Crippen LogP contribution is 2.28. The Kier molecular flexibility index (Phi) is 6.35. The molecule has 1 aliphatic rings. The fourth-order valence-electron chi connectivity index (χ4n) is 3.94. The van der Waals surface area contributed by atoms with Crippen molar-refractivity contribution in [3.63, 3.8) is 0 Å². The van der Waals surface area contributed by atoms with Crippen LogP contribution in [0.25, 0.3) is 28.2 Å². The number of aromatic nitrogens is 3. The molecule has 1 saturated heterocycles. The van der Waals surface area contributed by atoms with E-state index in [4.69, 9.17) is 26.4 Å². The molecule has 5 rings (SSSR count). The molecule has 1 aliphatic heterocycles. The standard InChI is InChI=1S/C25H24ClN5O2/c26-20-9-5-4-8-19(20)22-16-23(25(32)27-10-11-30-12-14-33-15-13-30)31-24(28-22)17-21(29-31)18-6-2-1-3-7-18/h1-9,16-17H,10-15H2,(H,27,32). The maximum absolute atomic E-state index is 13.2. The van der Waals surface area contributed by atoms with Crippen molar-refractivity contribution in [3.05, 3.63) is 77.4 Å². The number of fused-ring (bicyclic) bond motifs is 1. The van der Waals surface area contributed by atoms with E-state index in [2.05, 4.69) is 10.2 Å². The Morgan fingerprint density at radius 2 is 1.76 bits per heavy atom. The van der Waals surface area contributed by atoms with Gasteiger partial charge in [0, 0.05) is 48.4 Å². The number of carbonyl (C=O) groups is 1. The number of morpholine rings is 1. The van der Waals surface area contributed by atoms with Crippen LogP contribution in [0.2, 0.25) is 5.02 Å². The molecule has 0 atom stereocenters. The van der Waals surface area contributed by atoms with E-state index >= 15 is 0 Å². The van der Waals surface area contributed by atoms with Crippen molar-refractivity contribution in [2.45, 2.75) is 0 Å². The first-order valence-electron chi connectivity index (χ1n) is 11.0. The smallest absolute Gasteiger partial charge is 0.270 e. The van der Waals surface area contributed by atoms with Gasteiger partial charge in [0.05, 0.1) is 24.6 Å². The van der Waals surface area contributed by atoms with Crippen LogP contribution in [0.15, 0.2) is 66.7 Å². The van der Waals surface area contributed by atoms with Gasteiger partial charge >= 0.3 is 0 Å². The van der Waals surface area contributed by atoms with Crippen LogP contribution in [0.3, 0.4) is 0 Å². The first-order chi connectivity index (χ1) is 16.2. The minimum absolute atomic E-state index is 0.202. The Hall–Kier alpha value is -3.26. The lowest BCUT2D eigenvalue weighted by molar-refractivity contribution is 0.0383. The zero-order chi connectivity index (χ0) is 22.6. The van der Waals surface area contributed by atoms with E-state index in [1.165, 1.54) is 0 Å². The van der Waals surface area contributed by atoms with Gasteiger partial charge in [-0.2, -0.15) is 5.10 Å². The van der Waals surface area contributed by atoms with Gasteiger partial charge in [0.15, 0.2) is 5.65 Å². The summed E-state index contributed by atoms with van der Waals surface area (Å²) in [6, 6.07) is 21.0. The molecular formula is C25H24ClN5O2. The molecule has 4 aromatic rings. The van der Waals surface area contributed by atoms with E-state index in [1.807, 2.05) is 60.7 Å². The molecule has 0 aliphatic carbocycles. The Morgan fingerprint density at radius 3 is 2.55 bits per heavy atom. The van der Waals surface area contributed by atoms with Gasteiger partial charge in [0.2, 0.25) is 0 Å². The third-order valence-electron chi connectivity index (χ3n) is 5.70. The molecule has 7 nitrogen and oxygen atoms in total. The fourth-order valence-corrected chi connectivity index (χ4v) is 4.17. The number of amides is 1. The first-order valence-corrected chi connectivity index (χ1v) is 11.4. The average Bonchev–Trinajstić information content (AvgIpc) is 3.29. The fraction of sp³-hybridized carbons (Fsp3) is 0.240. The van der Waals surface area contributed by atoms with Gasteiger partial charge in [-0.1, -0.05) is 60.1 Å². The summed E-state index contributed by atoms with van der Waals surface area (Å²) in [5.74, 6) is -0.202. The molecule has 0 radical (unpaired) electrons. The summed E-state index contributed by atoms with van der Waals surface area (Å²) >= 11 is 6.43. The van der Waals surface area contributed by atoms with Crippen molar-refractivity contribution in [1.29, 1.82) is 0 Å². The third-order valence-corrected chi connectivity index (χ3v) is 6.03. The molecule has 0 spiro atoms. The molecule has 1 N–H and O–H groups in total. The van der Waals surface area contributed by atoms with Crippen molar-refractivity contribution in [1.82, 2.24) is 24.8 Å². The van der Waals surface area contributed by atoms with E-state index in [0.717, 1.165) is 49.7 Å². The Morgan fingerprint density at radius 1 is 1.00 bits per heavy atom. The molecular weight excluding hydrogens is 438 g/mol. The van der Waals surface area contributed by atoms with Crippen LogP contribution < -0.4 is 5.32 Å². The van der Waals surface area contributed by atoms with Crippen LogP contribution in [0.4, 0.5) is 0 Å². The normalized spacial score (nSPS) is 14.5. The van der Waals surface area contributed by atoms with Gasteiger partial charge in [-0.15, -0.1) is 0 Å². The van der Waals surface area contributed by atoms with Crippen LogP contribution in [0.1, 0.15) is 10.5 Å². The SMILES string of the molecule is O=C(NCCN1CCOCC1)c1cc(-c2ccccc2Cl)nc2cc(-c3ccccc3)nn12. The summed E-state index contributed by atoms with van der Waals surface area (Å²) in [4.78, 5) is 20.3. The average molecular weight is 462 g/mol. The highest BCUT2D eigenvalue weighted by Gasteiger charge is 2.18. The first kappa shape index (κ1) is 21.6. The van der Waals surface area contributed by atoms with Gasteiger partial charge in [-0.05, 0) is 12.1 Å². The van der Waals surface area contributed by atoms with Crippen LogP contribution in [-0.4, -0.2) is 64.8 Å². The molecule has 1 amide bonds. The highest BCUT2D eigenvalue weighted by molar-refractivity contribution is 6.33. The van der Waals surface area contributed by atoms with E-state index in [1.54, 1.807) is 10.6 Å². The van der Waals surface area contributed by atoms with Gasteiger partial charge < -0.3 is 10.1 Å². The van der Waals surface area contributed by atoms with E-state index in [9.17, 15) is 4.79 Å². The number of halogens is 1. The molecule has 0 bridgehead atoms. The van der Waals surface area contributed by atoms with Crippen molar-refractivity contribution in [2.24, 2.45) is 0 Å². The third kappa shape index (κ3) is 4.75. The van der Waals surface area contributed by atoms with Gasteiger partial charge in [-0.3, -0.25) is 9.69 Å². The molecule has 1 fully saturated rings. The number of hydrogen-bond donors (Lipinski definition) is 1. The zero-order valence-electron chi connectivity index (χ0n) is 18.1. The molecule has 8 heteroatoms. The monoisotopic (exact) mass is 461 g/mol. The molecule has 2 aromatic heterocycles. The Bertz CT molecular complexity index is 1270. The van der Waals surface area contributed by atoms with Gasteiger partial charge in [0.1, 0.15) is 5.69 Å². The quantitative estimate of drug-likeness (QED) is 0.473. The van der Waals surface area contributed by atoms with Crippen molar-refractivity contribution in [2.75, 3.05) is 39.4 Å². The van der Waals surface area contributed by atoms with Crippen molar-refractivity contribution < 1.29 is 9.53 Å². The second-order valence-corrected chi connectivity index (χ2v) is 8.29. The maximum Gasteiger partial charge on any atom is 0.270 e. The molecule has 2 aromatic carbocycles. The van der Waals surface area contributed by atoms with Crippen molar-refractivity contribution in [3.8, 4) is 22.5 Å². The summed E-state index contributed by atoms with van der Waals surface area (Å²) in [5.41, 5.74) is 4.11. The van der Waals surface area contributed by atoms with Crippen molar-refractivity contribution >= 4 is 23.2 Å². The summed E-state index contributed by atoms with van der Waals surface area (Å²) in [6.07, 6.45) is 0. The minimum atomic E-state index is -0.202. The Balaban J connectivity index is 1.49. The highest BCUT2D eigenvalue weighted by atomic mass is 35.5. The summed E-state index contributed by atoms with van der Waals surface area (Å²) in [5, 5.41) is 8.31. The molecule has 168 valence electrons. The molecule has 3 heterocycles. The number of hydrogen-bond acceptors (Lipinski definition) is 5.